The van der Waals surface area contributed by atoms with Crippen molar-refractivity contribution in [2.75, 3.05) is 6.54 Å². The normalized spacial score (nSPS) is 20.8. The van der Waals surface area contributed by atoms with Gasteiger partial charge in [-0.25, -0.2) is 9.59 Å². The Morgan fingerprint density at radius 1 is 1.64 bits per heavy atom. The number of hydrogen-bond acceptors (Lipinski definition) is 3. The SMILES string of the molecule is CCCC(=O)N1C[C@@H](C(=O)O)NC1=O. The molecule has 1 fully saturated rings. The van der Waals surface area contributed by atoms with E-state index in [1.807, 2.05) is 6.92 Å². The molecule has 0 unspecified atom stereocenters. The Labute approximate surface area is 80.9 Å². The first-order chi connectivity index (χ1) is 6.56. The lowest BCUT2D eigenvalue weighted by Gasteiger charge is -2.10. The fourth-order valence-corrected chi connectivity index (χ4v) is 1.24. The van der Waals surface area contributed by atoms with Crippen LogP contribution >= 0.6 is 0 Å². The van der Waals surface area contributed by atoms with E-state index in [9.17, 15) is 14.4 Å². The van der Waals surface area contributed by atoms with E-state index in [2.05, 4.69) is 5.32 Å². The molecule has 1 heterocycles. The molecule has 0 bridgehead atoms. The van der Waals surface area contributed by atoms with E-state index in [0.717, 1.165) is 4.90 Å². The molecule has 0 aliphatic carbocycles. The molecule has 0 radical (unpaired) electrons. The van der Waals surface area contributed by atoms with Crippen LogP contribution in [0.2, 0.25) is 0 Å². The number of nitrogens with one attached hydrogen (secondary N) is 1. The number of carboxylic acids is 1. The zero-order valence-corrected chi connectivity index (χ0v) is 7.82. The van der Waals surface area contributed by atoms with Crippen molar-refractivity contribution in [1.82, 2.24) is 10.2 Å². The van der Waals surface area contributed by atoms with E-state index in [1.54, 1.807) is 0 Å². The van der Waals surface area contributed by atoms with E-state index in [4.69, 9.17) is 5.11 Å². The molecule has 6 nitrogen and oxygen atoms in total. The van der Waals surface area contributed by atoms with Gasteiger partial charge >= 0.3 is 12.0 Å². The molecule has 1 atom stereocenters. The fraction of sp³-hybridized carbons (Fsp3) is 0.625. The van der Waals surface area contributed by atoms with Crippen molar-refractivity contribution < 1.29 is 19.5 Å². The molecule has 1 rings (SSSR count). The van der Waals surface area contributed by atoms with Crippen LogP contribution in [-0.4, -0.2) is 40.5 Å². The van der Waals surface area contributed by atoms with E-state index in [0.29, 0.717) is 6.42 Å². The van der Waals surface area contributed by atoms with Gasteiger partial charge in [-0.1, -0.05) is 6.92 Å². The van der Waals surface area contributed by atoms with Crippen molar-refractivity contribution in [3.8, 4) is 0 Å². The van der Waals surface area contributed by atoms with Gasteiger partial charge in [-0.15, -0.1) is 0 Å². The highest BCUT2D eigenvalue weighted by molar-refractivity contribution is 5.99. The summed E-state index contributed by atoms with van der Waals surface area (Å²) >= 11 is 0. The second kappa shape index (κ2) is 4.08. The highest BCUT2D eigenvalue weighted by atomic mass is 16.4. The van der Waals surface area contributed by atoms with Crippen LogP contribution in [0.15, 0.2) is 0 Å². The maximum atomic E-state index is 11.3. The summed E-state index contributed by atoms with van der Waals surface area (Å²) in [6.45, 7) is 1.74. The van der Waals surface area contributed by atoms with Gasteiger partial charge in [0.05, 0.1) is 6.54 Å². The first kappa shape index (κ1) is 10.5. The van der Waals surface area contributed by atoms with Crippen LogP contribution in [0.3, 0.4) is 0 Å². The topological polar surface area (TPSA) is 86.7 Å². The number of carboxylic acid groups (broad SMARTS) is 1. The molecule has 0 aromatic rings. The number of aliphatic carboxylic acids is 1. The van der Waals surface area contributed by atoms with Crippen LogP contribution in [0.1, 0.15) is 19.8 Å². The molecule has 1 aliphatic heterocycles. The number of carbonyl (C=O) groups excluding carboxylic acids is 2. The Hall–Kier alpha value is -1.59. The highest BCUT2D eigenvalue weighted by Gasteiger charge is 2.36. The van der Waals surface area contributed by atoms with Gasteiger partial charge in [-0.05, 0) is 6.42 Å². The average molecular weight is 200 g/mol. The van der Waals surface area contributed by atoms with Crippen LogP contribution in [0.4, 0.5) is 4.79 Å². The van der Waals surface area contributed by atoms with Crippen molar-refractivity contribution in [2.24, 2.45) is 0 Å². The lowest BCUT2D eigenvalue weighted by Crippen LogP contribution is -2.34. The predicted molar refractivity (Wildman–Crippen MR) is 46.6 cm³/mol. The summed E-state index contributed by atoms with van der Waals surface area (Å²) < 4.78 is 0. The molecule has 14 heavy (non-hydrogen) atoms. The second-order valence-electron chi connectivity index (χ2n) is 3.09. The zero-order valence-electron chi connectivity index (χ0n) is 7.82. The summed E-state index contributed by atoms with van der Waals surface area (Å²) in [6, 6.07) is -1.58. The Kier molecular flexibility index (Phi) is 3.06. The summed E-state index contributed by atoms with van der Waals surface area (Å²) in [4.78, 5) is 33.9. The summed E-state index contributed by atoms with van der Waals surface area (Å²) in [6.07, 6.45) is 0.903. The Morgan fingerprint density at radius 3 is 2.71 bits per heavy atom. The van der Waals surface area contributed by atoms with Crippen LogP contribution in [0, 0.1) is 0 Å². The largest absolute Gasteiger partial charge is 0.480 e. The van der Waals surface area contributed by atoms with Crippen molar-refractivity contribution >= 4 is 17.9 Å². The van der Waals surface area contributed by atoms with Crippen LogP contribution in [0.5, 0.6) is 0 Å². The number of imide groups is 1. The number of carbonyl (C=O) groups is 3. The van der Waals surface area contributed by atoms with Gasteiger partial charge in [-0.2, -0.15) is 0 Å². The van der Waals surface area contributed by atoms with Crippen LogP contribution in [0.25, 0.3) is 0 Å². The minimum atomic E-state index is -1.12. The highest BCUT2D eigenvalue weighted by Crippen LogP contribution is 2.07. The van der Waals surface area contributed by atoms with Gasteiger partial charge in [0.15, 0.2) is 0 Å². The Morgan fingerprint density at radius 2 is 2.29 bits per heavy atom. The van der Waals surface area contributed by atoms with Crippen LogP contribution in [-0.2, 0) is 9.59 Å². The van der Waals surface area contributed by atoms with E-state index < -0.39 is 18.0 Å². The molecule has 1 aliphatic rings. The lowest BCUT2D eigenvalue weighted by atomic mass is 10.3. The van der Waals surface area contributed by atoms with Crippen molar-refractivity contribution in [2.45, 2.75) is 25.8 Å². The third-order valence-electron chi connectivity index (χ3n) is 1.97. The number of amides is 3. The molecule has 1 saturated heterocycles. The van der Waals surface area contributed by atoms with Crippen molar-refractivity contribution in [3.63, 3.8) is 0 Å². The zero-order chi connectivity index (χ0) is 10.7. The molecule has 0 spiro atoms. The molecule has 78 valence electrons. The monoisotopic (exact) mass is 200 g/mol. The average Bonchev–Trinajstić information content (AvgIpc) is 2.48. The van der Waals surface area contributed by atoms with Gasteiger partial charge in [-0.3, -0.25) is 9.69 Å². The minimum Gasteiger partial charge on any atom is -0.480 e. The summed E-state index contributed by atoms with van der Waals surface area (Å²) in [5.74, 6) is -1.45. The van der Waals surface area contributed by atoms with E-state index >= 15 is 0 Å². The standard InChI is InChI=1S/C8H12N2O4/c1-2-3-6(11)10-4-5(7(12)13)9-8(10)14/h5H,2-4H2,1H3,(H,9,14)(H,12,13)/t5-/m0/s1. The van der Waals surface area contributed by atoms with Gasteiger partial charge in [0, 0.05) is 6.42 Å². The van der Waals surface area contributed by atoms with Gasteiger partial charge in [0.1, 0.15) is 6.04 Å². The number of rotatable bonds is 3. The third kappa shape index (κ3) is 2.01. The first-order valence-electron chi connectivity index (χ1n) is 4.40. The number of nitrogens with zero attached hydrogens (tertiary/aromatic N) is 1. The molecule has 3 amide bonds. The van der Waals surface area contributed by atoms with E-state index in [1.165, 1.54) is 0 Å². The maximum Gasteiger partial charge on any atom is 0.328 e. The smallest absolute Gasteiger partial charge is 0.328 e. The third-order valence-corrected chi connectivity index (χ3v) is 1.97. The summed E-state index contributed by atoms with van der Waals surface area (Å²) in [5.41, 5.74) is 0. The quantitative estimate of drug-likeness (QED) is 0.660. The Balaban J connectivity index is 2.61. The summed E-state index contributed by atoms with van der Waals surface area (Å²) in [5, 5.41) is 10.8. The van der Waals surface area contributed by atoms with Gasteiger partial charge < -0.3 is 10.4 Å². The maximum absolute atomic E-state index is 11.3. The molecule has 0 aromatic heterocycles. The van der Waals surface area contributed by atoms with E-state index in [-0.39, 0.29) is 18.9 Å². The number of urea groups is 1. The molecule has 6 heteroatoms. The first-order valence-corrected chi connectivity index (χ1v) is 4.40. The molecule has 0 saturated carbocycles. The van der Waals surface area contributed by atoms with Gasteiger partial charge in [0.2, 0.25) is 5.91 Å². The van der Waals surface area contributed by atoms with Crippen LogP contribution < -0.4 is 5.32 Å². The lowest BCUT2D eigenvalue weighted by molar-refractivity contribution is -0.138. The minimum absolute atomic E-state index is 0.0764. The molecule has 2 N–H and O–H groups in total. The summed E-state index contributed by atoms with van der Waals surface area (Å²) in [7, 11) is 0. The predicted octanol–water partition coefficient (Wildman–Crippen LogP) is -0.209. The molecular formula is C8H12N2O4. The number of hydrogen-bond donors (Lipinski definition) is 2. The second-order valence-corrected chi connectivity index (χ2v) is 3.09. The van der Waals surface area contributed by atoms with Gasteiger partial charge in [0.25, 0.3) is 0 Å². The Bertz CT molecular complexity index is 277. The fourth-order valence-electron chi connectivity index (χ4n) is 1.24. The van der Waals surface area contributed by atoms with Crippen molar-refractivity contribution in [3.05, 3.63) is 0 Å². The van der Waals surface area contributed by atoms with Crippen molar-refractivity contribution in [1.29, 1.82) is 0 Å². The molecule has 0 aromatic carbocycles. The molecular weight excluding hydrogens is 188 g/mol.